The third kappa shape index (κ3) is 12.7. The van der Waals surface area contributed by atoms with E-state index < -0.39 is 17.2 Å². The van der Waals surface area contributed by atoms with Crippen molar-refractivity contribution in [3.05, 3.63) is 12.7 Å². The summed E-state index contributed by atoms with van der Waals surface area (Å²) in [5.41, 5.74) is -1.01. The van der Waals surface area contributed by atoms with E-state index in [1.165, 1.54) is 0 Å². The molecule has 0 aromatic rings. The van der Waals surface area contributed by atoms with Gasteiger partial charge in [-0.1, -0.05) is 6.08 Å². The summed E-state index contributed by atoms with van der Waals surface area (Å²) in [4.78, 5) is 16.2. The van der Waals surface area contributed by atoms with Crippen molar-refractivity contribution < 1.29 is 9.53 Å². The second-order valence-electron chi connectivity index (χ2n) is 6.38. The predicted molar refractivity (Wildman–Crippen MR) is 103 cm³/mol. The normalized spacial score (nSPS) is 12.0. The summed E-state index contributed by atoms with van der Waals surface area (Å²) in [7, 11) is 0. The lowest BCUT2D eigenvalue weighted by Crippen LogP contribution is -2.48. The van der Waals surface area contributed by atoms with Crippen molar-refractivity contribution in [3.63, 3.8) is 0 Å². The molecule has 0 spiro atoms. The quantitative estimate of drug-likeness (QED) is 0.264. The maximum absolute atomic E-state index is 11.8. The molecule has 130 valence electrons. The maximum atomic E-state index is 11.8. The van der Waals surface area contributed by atoms with Crippen LogP contribution in [0.1, 0.15) is 41.5 Å². The summed E-state index contributed by atoms with van der Waals surface area (Å²) in [5, 5.41) is 9.06. The van der Waals surface area contributed by atoms with Gasteiger partial charge in [0.2, 0.25) is 0 Å². The number of halogens is 1. The number of aliphatic imine (C=N–C) groups is 1. The Morgan fingerprint density at radius 1 is 1.23 bits per heavy atom. The lowest BCUT2D eigenvalue weighted by Gasteiger charge is -2.27. The molecule has 0 unspecified atom stereocenters. The van der Waals surface area contributed by atoms with Gasteiger partial charge in [-0.2, -0.15) is 0 Å². The number of nitrogens with zero attached hydrogens (tertiary/aromatic N) is 1. The van der Waals surface area contributed by atoms with Crippen LogP contribution in [0.3, 0.4) is 0 Å². The van der Waals surface area contributed by atoms with Gasteiger partial charge in [-0.3, -0.25) is 4.99 Å². The highest BCUT2D eigenvalue weighted by Crippen LogP contribution is 2.09. The molecule has 0 saturated carbocycles. The molecule has 7 heteroatoms. The Bertz CT molecular complexity index is 376. The highest BCUT2D eigenvalue weighted by molar-refractivity contribution is 14.0. The van der Waals surface area contributed by atoms with Gasteiger partial charge in [0.05, 0.1) is 12.1 Å². The average molecular weight is 426 g/mol. The standard InChI is InChI=1S/C15H30N4O2.HI/c1-8-10-17-12(16-9-2)18-11-15(6,7)19-13(20)21-14(3,4)5;/h8H,1,9-11H2,2-7H3,(H,19,20)(H2,16,17,18);1H. The van der Waals surface area contributed by atoms with E-state index in [0.29, 0.717) is 19.0 Å². The second kappa shape index (κ2) is 10.7. The Balaban J connectivity index is 0. The van der Waals surface area contributed by atoms with Gasteiger partial charge in [-0.05, 0) is 41.5 Å². The monoisotopic (exact) mass is 426 g/mol. The fourth-order valence-corrected chi connectivity index (χ4v) is 1.41. The van der Waals surface area contributed by atoms with Crippen molar-refractivity contribution in [3.8, 4) is 0 Å². The number of hydrogen-bond acceptors (Lipinski definition) is 3. The van der Waals surface area contributed by atoms with Gasteiger partial charge in [0.15, 0.2) is 5.96 Å². The molecule has 0 bridgehead atoms. The zero-order valence-corrected chi connectivity index (χ0v) is 16.9. The van der Waals surface area contributed by atoms with E-state index in [9.17, 15) is 4.79 Å². The van der Waals surface area contributed by atoms with Crippen LogP contribution in [0.15, 0.2) is 17.6 Å². The zero-order chi connectivity index (χ0) is 16.5. The van der Waals surface area contributed by atoms with Crippen LogP contribution in [0.25, 0.3) is 0 Å². The number of ether oxygens (including phenoxy) is 1. The Labute approximate surface area is 151 Å². The van der Waals surface area contributed by atoms with Crippen LogP contribution in [-0.2, 0) is 4.74 Å². The molecule has 0 aromatic heterocycles. The summed E-state index contributed by atoms with van der Waals surface area (Å²) < 4.78 is 5.25. The van der Waals surface area contributed by atoms with Gasteiger partial charge in [0, 0.05) is 13.1 Å². The van der Waals surface area contributed by atoms with Crippen LogP contribution in [-0.4, -0.2) is 42.8 Å². The number of guanidine groups is 1. The van der Waals surface area contributed by atoms with Gasteiger partial charge in [0.25, 0.3) is 0 Å². The van der Waals surface area contributed by atoms with Gasteiger partial charge in [0.1, 0.15) is 5.60 Å². The second-order valence-corrected chi connectivity index (χ2v) is 6.38. The third-order valence-electron chi connectivity index (χ3n) is 2.23. The molecular weight excluding hydrogens is 395 g/mol. The van der Waals surface area contributed by atoms with E-state index in [1.807, 2.05) is 41.5 Å². The van der Waals surface area contributed by atoms with E-state index in [0.717, 1.165) is 6.54 Å². The van der Waals surface area contributed by atoms with Crippen LogP contribution in [0.5, 0.6) is 0 Å². The molecule has 22 heavy (non-hydrogen) atoms. The topological polar surface area (TPSA) is 74.8 Å². The first kappa shape index (κ1) is 23.3. The Hall–Kier alpha value is -0.990. The largest absolute Gasteiger partial charge is 0.444 e. The minimum atomic E-state index is -0.510. The molecule has 6 nitrogen and oxygen atoms in total. The fourth-order valence-electron chi connectivity index (χ4n) is 1.41. The van der Waals surface area contributed by atoms with Crippen molar-refractivity contribution in [2.75, 3.05) is 19.6 Å². The maximum Gasteiger partial charge on any atom is 0.408 e. The van der Waals surface area contributed by atoms with E-state index in [2.05, 4.69) is 27.5 Å². The van der Waals surface area contributed by atoms with Gasteiger partial charge < -0.3 is 20.7 Å². The molecule has 0 aromatic carbocycles. The van der Waals surface area contributed by atoms with Gasteiger partial charge >= 0.3 is 6.09 Å². The molecule has 0 saturated heterocycles. The summed E-state index contributed by atoms with van der Waals surface area (Å²) in [5.74, 6) is 0.691. The van der Waals surface area contributed by atoms with Crippen LogP contribution in [0.4, 0.5) is 4.79 Å². The van der Waals surface area contributed by atoms with Crippen molar-refractivity contribution in [1.29, 1.82) is 0 Å². The molecule has 1 amide bonds. The van der Waals surface area contributed by atoms with E-state index in [-0.39, 0.29) is 24.0 Å². The number of alkyl carbamates (subject to hydrolysis) is 1. The summed E-state index contributed by atoms with van der Waals surface area (Å²) >= 11 is 0. The Kier molecular flexibility index (Phi) is 11.3. The van der Waals surface area contributed by atoms with E-state index >= 15 is 0 Å². The number of amides is 1. The van der Waals surface area contributed by atoms with Gasteiger partial charge in [-0.25, -0.2) is 4.79 Å². The Morgan fingerprint density at radius 3 is 2.27 bits per heavy atom. The molecule has 0 rings (SSSR count). The number of carbonyl (C=O) groups excluding carboxylic acids is 1. The first-order valence-corrected chi connectivity index (χ1v) is 7.24. The molecule has 0 radical (unpaired) electrons. The van der Waals surface area contributed by atoms with Crippen molar-refractivity contribution in [1.82, 2.24) is 16.0 Å². The SMILES string of the molecule is C=CCNC(=NCC(C)(C)NC(=O)OC(C)(C)C)NCC.I. The highest BCUT2D eigenvalue weighted by Gasteiger charge is 2.24. The first-order valence-electron chi connectivity index (χ1n) is 7.24. The number of nitrogens with one attached hydrogen (secondary N) is 3. The lowest BCUT2D eigenvalue weighted by atomic mass is 10.1. The average Bonchev–Trinajstić information content (AvgIpc) is 2.29. The highest BCUT2D eigenvalue weighted by atomic mass is 127. The third-order valence-corrected chi connectivity index (χ3v) is 2.23. The molecule has 0 aliphatic heterocycles. The lowest BCUT2D eigenvalue weighted by molar-refractivity contribution is 0.0476. The fraction of sp³-hybridized carbons (Fsp3) is 0.733. The molecule has 0 aliphatic carbocycles. The predicted octanol–water partition coefficient (Wildman–Crippen LogP) is 2.65. The number of hydrogen-bond donors (Lipinski definition) is 3. The summed E-state index contributed by atoms with van der Waals surface area (Å²) in [6, 6.07) is 0. The smallest absolute Gasteiger partial charge is 0.408 e. The zero-order valence-electron chi connectivity index (χ0n) is 14.6. The van der Waals surface area contributed by atoms with Crippen LogP contribution < -0.4 is 16.0 Å². The summed E-state index contributed by atoms with van der Waals surface area (Å²) in [6.45, 7) is 16.8. The minimum Gasteiger partial charge on any atom is -0.444 e. The van der Waals surface area contributed by atoms with Crippen LogP contribution >= 0.6 is 24.0 Å². The van der Waals surface area contributed by atoms with Crippen molar-refractivity contribution in [2.24, 2.45) is 4.99 Å². The Morgan fingerprint density at radius 2 is 1.82 bits per heavy atom. The minimum absolute atomic E-state index is 0. The number of carbonyl (C=O) groups is 1. The van der Waals surface area contributed by atoms with Gasteiger partial charge in [-0.15, -0.1) is 30.6 Å². The molecule has 0 atom stereocenters. The van der Waals surface area contributed by atoms with E-state index in [4.69, 9.17) is 4.74 Å². The first-order chi connectivity index (χ1) is 9.59. The summed E-state index contributed by atoms with van der Waals surface area (Å²) in [6.07, 6.45) is 1.32. The van der Waals surface area contributed by atoms with Crippen molar-refractivity contribution >= 4 is 36.0 Å². The molecule has 0 fully saturated rings. The van der Waals surface area contributed by atoms with Crippen molar-refractivity contribution in [2.45, 2.75) is 52.7 Å². The number of rotatable bonds is 6. The molecular formula is C15H31IN4O2. The van der Waals surface area contributed by atoms with Crippen LogP contribution in [0, 0.1) is 0 Å². The van der Waals surface area contributed by atoms with E-state index in [1.54, 1.807) is 6.08 Å². The molecule has 3 N–H and O–H groups in total. The molecule has 0 heterocycles. The molecule has 0 aliphatic rings. The van der Waals surface area contributed by atoms with Crippen LogP contribution in [0.2, 0.25) is 0 Å².